The van der Waals surface area contributed by atoms with E-state index in [1.54, 1.807) is 0 Å². The molecule has 0 aromatic heterocycles. The van der Waals surface area contributed by atoms with Crippen LogP contribution in [0.25, 0.3) is 0 Å². The molecule has 20 heavy (non-hydrogen) atoms. The molecule has 1 aromatic rings. The quantitative estimate of drug-likeness (QED) is 0.882. The first-order valence-electron chi connectivity index (χ1n) is 6.11. The molecule has 1 heterocycles. The molecule has 5 nitrogen and oxygen atoms in total. The zero-order valence-corrected chi connectivity index (χ0v) is 11.6. The first-order chi connectivity index (χ1) is 9.34. The van der Waals surface area contributed by atoms with Gasteiger partial charge in [-0.05, 0) is 38.0 Å². The largest absolute Gasteiger partial charge is 0.480 e. The number of nitrogens with one attached hydrogen (secondary N) is 1. The van der Waals surface area contributed by atoms with Crippen molar-refractivity contribution < 1.29 is 19.1 Å². The van der Waals surface area contributed by atoms with Gasteiger partial charge in [0, 0.05) is 6.54 Å². The van der Waals surface area contributed by atoms with Gasteiger partial charge in [-0.15, -0.1) is 0 Å². The van der Waals surface area contributed by atoms with E-state index in [9.17, 15) is 19.1 Å². The van der Waals surface area contributed by atoms with Crippen LogP contribution >= 0.6 is 11.6 Å². The fourth-order valence-corrected chi connectivity index (χ4v) is 2.45. The van der Waals surface area contributed by atoms with Gasteiger partial charge in [0.05, 0.1) is 10.7 Å². The molecule has 1 atom stereocenters. The van der Waals surface area contributed by atoms with Crippen molar-refractivity contribution in [1.82, 2.24) is 4.90 Å². The molecular weight excluding hydrogens is 287 g/mol. The Morgan fingerprint density at radius 2 is 2.20 bits per heavy atom. The molecule has 1 saturated heterocycles. The zero-order valence-electron chi connectivity index (χ0n) is 10.8. The van der Waals surface area contributed by atoms with E-state index in [-0.39, 0.29) is 10.7 Å². The summed E-state index contributed by atoms with van der Waals surface area (Å²) in [6.07, 6.45) is 0.986. The van der Waals surface area contributed by atoms with Crippen molar-refractivity contribution >= 4 is 29.3 Å². The van der Waals surface area contributed by atoms with E-state index < -0.39 is 23.4 Å². The number of hydrogen-bond donors (Lipinski definition) is 2. The summed E-state index contributed by atoms with van der Waals surface area (Å²) in [5.41, 5.74) is -1.12. The lowest BCUT2D eigenvalue weighted by molar-refractivity contribution is -0.146. The lowest BCUT2D eigenvalue weighted by Gasteiger charge is -2.31. The number of likely N-dealkylation sites (tertiary alicyclic amines) is 1. The van der Waals surface area contributed by atoms with Gasteiger partial charge in [0.1, 0.15) is 11.4 Å². The average Bonchev–Trinajstić information content (AvgIpc) is 2.77. The second-order valence-electron chi connectivity index (χ2n) is 4.89. The van der Waals surface area contributed by atoms with Crippen molar-refractivity contribution in [2.75, 3.05) is 11.9 Å². The van der Waals surface area contributed by atoms with Crippen LogP contribution in [0.5, 0.6) is 0 Å². The maximum atomic E-state index is 13.1. The highest BCUT2D eigenvalue weighted by Crippen LogP contribution is 2.31. The topological polar surface area (TPSA) is 69.6 Å². The molecule has 1 unspecified atom stereocenters. The van der Waals surface area contributed by atoms with Gasteiger partial charge in [0.25, 0.3) is 0 Å². The third-order valence-electron chi connectivity index (χ3n) is 3.52. The van der Waals surface area contributed by atoms with Crippen LogP contribution in [-0.4, -0.2) is 34.1 Å². The standard InChI is InChI=1S/C13H14ClFN2O3/c1-13(11(18)19)5-2-6-17(13)12(20)16-10-7-8(15)3-4-9(10)14/h3-4,7H,2,5-6H2,1H3,(H,16,20)(H,18,19). The number of amides is 2. The number of hydrogen-bond acceptors (Lipinski definition) is 2. The van der Waals surface area contributed by atoms with Crippen molar-refractivity contribution in [2.24, 2.45) is 0 Å². The van der Waals surface area contributed by atoms with Gasteiger partial charge in [0.2, 0.25) is 0 Å². The Bertz CT molecular complexity index is 567. The Morgan fingerprint density at radius 3 is 2.85 bits per heavy atom. The van der Waals surface area contributed by atoms with Crippen molar-refractivity contribution in [1.29, 1.82) is 0 Å². The van der Waals surface area contributed by atoms with Crippen molar-refractivity contribution in [3.05, 3.63) is 29.0 Å². The minimum absolute atomic E-state index is 0.122. The van der Waals surface area contributed by atoms with Gasteiger partial charge >= 0.3 is 12.0 Å². The predicted molar refractivity (Wildman–Crippen MR) is 72.4 cm³/mol. The highest BCUT2D eigenvalue weighted by Gasteiger charge is 2.46. The van der Waals surface area contributed by atoms with Gasteiger partial charge in [-0.1, -0.05) is 11.6 Å². The molecule has 2 amide bonds. The first-order valence-corrected chi connectivity index (χ1v) is 6.49. The van der Waals surface area contributed by atoms with E-state index in [1.807, 2.05) is 0 Å². The van der Waals surface area contributed by atoms with Crippen molar-refractivity contribution in [2.45, 2.75) is 25.3 Å². The Kier molecular flexibility index (Phi) is 3.85. The highest BCUT2D eigenvalue weighted by molar-refractivity contribution is 6.33. The Labute approximate surface area is 120 Å². The SMILES string of the molecule is CC1(C(=O)O)CCCN1C(=O)Nc1cc(F)ccc1Cl. The average molecular weight is 301 g/mol. The zero-order chi connectivity index (χ0) is 14.9. The minimum atomic E-state index is -1.25. The summed E-state index contributed by atoms with van der Waals surface area (Å²) in [6.45, 7) is 1.83. The molecule has 1 aliphatic rings. The van der Waals surface area contributed by atoms with Gasteiger partial charge < -0.3 is 15.3 Å². The van der Waals surface area contributed by atoms with Gasteiger partial charge in [-0.2, -0.15) is 0 Å². The molecule has 0 bridgehead atoms. The van der Waals surface area contributed by atoms with E-state index in [1.165, 1.54) is 24.0 Å². The van der Waals surface area contributed by atoms with E-state index in [2.05, 4.69) is 5.32 Å². The molecule has 2 N–H and O–H groups in total. The molecule has 108 valence electrons. The third-order valence-corrected chi connectivity index (χ3v) is 3.85. The molecule has 0 saturated carbocycles. The summed E-state index contributed by atoms with van der Waals surface area (Å²) < 4.78 is 13.1. The Balaban J connectivity index is 2.20. The summed E-state index contributed by atoms with van der Waals surface area (Å²) in [7, 11) is 0. The van der Waals surface area contributed by atoms with Crippen LogP contribution in [0.4, 0.5) is 14.9 Å². The fraction of sp³-hybridized carbons (Fsp3) is 0.385. The predicted octanol–water partition coefficient (Wildman–Crippen LogP) is 2.95. The second kappa shape index (κ2) is 5.28. The number of rotatable bonds is 2. The maximum absolute atomic E-state index is 13.1. The van der Waals surface area contributed by atoms with Gasteiger partial charge in [-0.3, -0.25) is 0 Å². The lowest BCUT2D eigenvalue weighted by atomic mass is 10.00. The molecule has 1 aromatic carbocycles. The molecule has 2 rings (SSSR count). The van der Waals surface area contributed by atoms with Crippen molar-refractivity contribution in [3.8, 4) is 0 Å². The molecule has 0 spiro atoms. The maximum Gasteiger partial charge on any atom is 0.329 e. The number of aliphatic carboxylic acids is 1. The lowest BCUT2D eigenvalue weighted by Crippen LogP contribution is -2.52. The number of carboxylic acids is 1. The highest BCUT2D eigenvalue weighted by atomic mass is 35.5. The Morgan fingerprint density at radius 1 is 1.50 bits per heavy atom. The number of halogens is 2. The number of benzene rings is 1. The van der Waals surface area contributed by atoms with Crippen LogP contribution < -0.4 is 5.32 Å². The summed E-state index contributed by atoms with van der Waals surface area (Å²) in [4.78, 5) is 24.7. The van der Waals surface area contributed by atoms with Gasteiger partial charge in [0.15, 0.2) is 0 Å². The molecule has 0 radical (unpaired) electrons. The Hall–Kier alpha value is -1.82. The number of urea groups is 1. The smallest absolute Gasteiger partial charge is 0.329 e. The normalized spacial score (nSPS) is 21.9. The molecule has 1 aliphatic heterocycles. The van der Waals surface area contributed by atoms with E-state index in [0.29, 0.717) is 19.4 Å². The monoisotopic (exact) mass is 300 g/mol. The number of carbonyl (C=O) groups is 2. The summed E-state index contributed by atoms with van der Waals surface area (Å²) >= 11 is 5.86. The fourth-order valence-electron chi connectivity index (χ4n) is 2.29. The number of anilines is 1. The van der Waals surface area contributed by atoms with Crippen LogP contribution in [0.15, 0.2) is 18.2 Å². The molecule has 7 heteroatoms. The first kappa shape index (κ1) is 14.6. The summed E-state index contributed by atoms with van der Waals surface area (Å²) in [6, 6.07) is 3.00. The molecular formula is C13H14ClFN2O3. The molecule has 1 fully saturated rings. The van der Waals surface area contributed by atoms with E-state index in [0.717, 1.165) is 6.07 Å². The summed E-state index contributed by atoms with van der Waals surface area (Å²) in [5, 5.41) is 11.9. The minimum Gasteiger partial charge on any atom is -0.480 e. The third kappa shape index (κ3) is 2.56. The summed E-state index contributed by atoms with van der Waals surface area (Å²) in [5.74, 6) is -1.59. The van der Waals surface area contributed by atoms with Crippen molar-refractivity contribution in [3.63, 3.8) is 0 Å². The van der Waals surface area contributed by atoms with Gasteiger partial charge in [-0.25, -0.2) is 14.0 Å². The van der Waals surface area contributed by atoms with Crippen LogP contribution in [-0.2, 0) is 4.79 Å². The number of nitrogens with zero attached hydrogens (tertiary/aromatic N) is 1. The van der Waals surface area contributed by atoms with E-state index in [4.69, 9.17) is 11.6 Å². The second-order valence-corrected chi connectivity index (χ2v) is 5.30. The number of carbonyl (C=O) groups excluding carboxylic acids is 1. The number of carboxylic acid groups (broad SMARTS) is 1. The van der Waals surface area contributed by atoms with Crippen LogP contribution in [0.1, 0.15) is 19.8 Å². The van der Waals surface area contributed by atoms with Crippen LogP contribution in [0, 0.1) is 5.82 Å². The van der Waals surface area contributed by atoms with E-state index >= 15 is 0 Å². The molecule has 0 aliphatic carbocycles. The van der Waals surface area contributed by atoms with Crippen LogP contribution in [0.2, 0.25) is 5.02 Å². The van der Waals surface area contributed by atoms with Crippen LogP contribution in [0.3, 0.4) is 0 Å².